The Morgan fingerprint density at radius 2 is 1.83 bits per heavy atom. The lowest BCUT2D eigenvalue weighted by Crippen LogP contribution is -2.36. The molecule has 0 saturated carbocycles. The molecule has 0 spiro atoms. The number of ether oxygens (including phenoxy) is 2. The number of fused-ring (bicyclic) bond motifs is 1. The minimum Gasteiger partial charge on any atom is -0.493 e. The number of anilines is 1. The number of carbonyl (C=O) groups is 1. The van der Waals surface area contributed by atoms with Crippen molar-refractivity contribution in [2.75, 3.05) is 40.2 Å². The van der Waals surface area contributed by atoms with Crippen molar-refractivity contribution in [2.24, 2.45) is 7.05 Å². The molecule has 0 aliphatic rings. The van der Waals surface area contributed by atoms with Gasteiger partial charge in [-0.3, -0.25) is 0 Å². The number of aryl methyl sites for hydroxylation is 1. The molecule has 1 unspecified atom stereocenters. The number of nitrogens with zero attached hydrogens (tertiary/aromatic N) is 2. The summed E-state index contributed by atoms with van der Waals surface area (Å²) < 4.78 is 12.6. The van der Waals surface area contributed by atoms with Crippen molar-refractivity contribution < 1.29 is 14.3 Å². The molecule has 2 aromatic carbocycles. The molecule has 3 rings (SSSR count). The molecule has 0 aliphatic heterocycles. The normalized spacial score (nSPS) is 12.1. The summed E-state index contributed by atoms with van der Waals surface area (Å²) in [5.74, 6) is 1.18. The van der Waals surface area contributed by atoms with Crippen LogP contribution in [0.2, 0.25) is 0 Å². The maximum atomic E-state index is 12.5. The van der Waals surface area contributed by atoms with Crippen molar-refractivity contribution in [1.29, 1.82) is 0 Å². The van der Waals surface area contributed by atoms with E-state index in [0.29, 0.717) is 23.7 Å². The second-order valence-corrected chi connectivity index (χ2v) is 7.10. The van der Waals surface area contributed by atoms with Gasteiger partial charge < -0.3 is 29.6 Å². The summed E-state index contributed by atoms with van der Waals surface area (Å²) in [6.45, 7) is 0.472. The molecule has 0 bridgehead atoms. The number of para-hydroxylation sites is 1. The Balaban J connectivity index is 1.71. The van der Waals surface area contributed by atoms with E-state index in [2.05, 4.69) is 38.4 Å². The van der Waals surface area contributed by atoms with E-state index in [4.69, 9.17) is 9.47 Å². The zero-order valence-electron chi connectivity index (χ0n) is 17.5. The van der Waals surface area contributed by atoms with Gasteiger partial charge in [-0.25, -0.2) is 4.79 Å². The number of hydrogen-bond donors (Lipinski definition) is 2. The van der Waals surface area contributed by atoms with Gasteiger partial charge in [0.15, 0.2) is 11.5 Å². The van der Waals surface area contributed by atoms with E-state index >= 15 is 0 Å². The number of methoxy groups -OCH3 is 2. The summed E-state index contributed by atoms with van der Waals surface area (Å²) in [6.07, 6.45) is 2.13. The topological polar surface area (TPSA) is 67.8 Å². The highest BCUT2D eigenvalue weighted by Crippen LogP contribution is 2.30. The maximum Gasteiger partial charge on any atom is 0.319 e. The first-order chi connectivity index (χ1) is 13.9. The van der Waals surface area contributed by atoms with Crippen molar-refractivity contribution in [1.82, 2.24) is 14.8 Å². The molecular weight excluding hydrogens is 368 g/mol. The van der Waals surface area contributed by atoms with Crippen LogP contribution in [0.25, 0.3) is 10.9 Å². The molecule has 2 amide bonds. The van der Waals surface area contributed by atoms with Gasteiger partial charge in [-0.05, 0) is 37.9 Å². The molecule has 0 aliphatic carbocycles. The Morgan fingerprint density at radius 3 is 2.52 bits per heavy atom. The molecule has 154 valence electrons. The van der Waals surface area contributed by atoms with E-state index in [1.165, 1.54) is 16.5 Å². The summed E-state index contributed by atoms with van der Waals surface area (Å²) in [7, 11) is 9.20. The molecule has 1 atom stereocenters. The first-order valence-electron chi connectivity index (χ1n) is 9.42. The Bertz CT molecular complexity index is 997. The SMILES string of the molecule is COc1ccc(NC(=O)NCC(c2cn(C)c3ccccc23)N(C)C)cc1OC. The van der Waals surface area contributed by atoms with Gasteiger partial charge in [0.1, 0.15) is 0 Å². The summed E-state index contributed by atoms with van der Waals surface area (Å²) in [5, 5.41) is 7.02. The van der Waals surface area contributed by atoms with Crippen LogP contribution in [-0.4, -0.2) is 50.4 Å². The Labute approximate surface area is 171 Å². The van der Waals surface area contributed by atoms with Gasteiger partial charge in [0.25, 0.3) is 0 Å². The molecular formula is C22H28N4O3. The fourth-order valence-electron chi connectivity index (χ4n) is 3.49. The summed E-state index contributed by atoms with van der Waals surface area (Å²) in [4.78, 5) is 14.6. The van der Waals surface area contributed by atoms with E-state index in [1.807, 2.05) is 33.3 Å². The average molecular weight is 396 g/mol. The predicted octanol–water partition coefficient (Wildman–Crippen LogP) is 3.62. The third-order valence-electron chi connectivity index (χ3n) is 5.01. The van der Waals surface area contributed by atoms with Gasteiger partial charge in [-0.1, -0.05) is 18.2 Å². The minimum atomic E-state index is -0.274. The van der Waals surface area contributed by atoms with Gasteiger partial charge in [0.05, 0.1) is 20.3 Å². The number of carbonyl (C=O) groups excluding carboxylic acids is 1. The Kier molecular flexibility index (Phi) is 6.29. The molecule has 3 aromatic rings. The van der Waals surface area contributed by atoms with Gasteiger partial charge in [-0.15, -0.1) is 0 Å². The minimum absolute atomic E-state index is 0.0391. The highest BCUT2D eigenvalue weighted by Gasteiger charge is 2.20. The van der Waals surface area contributed by atoms with E-state index in [0.717, 1.165) is 0 Å². The molecule has 1 heterocycles. The lowest BCUT2D eigenvalue weighted by Gasteiger charge is -2.24. The fraction of sp³-hybridized carbons (Fsp3) is 0.318. The van der Waals surface area contributed by atoms with Crippen LogP contribution < -0.4 is 20.1 Å². The molecule has 7 heteroatoms. The highest BCUT2D eigenvalue weighted by atomic mass is 16.5. The number of likely N-dealkylation sites (N-methyl/N-ethyl adjacent to an activating group) is 1. The first kappa shape index (κ1) is 20.5. The fourth-order valence-corrected chi connectivity index (χ4v) is 3.49. The van der Waals surface area contributed by atoms with E-state index in [1.54, 1.807) is 32.4 Å². The van der Waals surface area contributed by atoms with Crippen LogP contribution in [0.5, 0.6) is 11.5 Å². The van der Waals surface area contributed by atoms with Crippen molar-refractivity contribution in [2.45, 2.75) is 6.04 Å². The molecule has 0 fully saturated rings. The lowest BCUT2D eigenvalue weighted by atomic mass is 10.0. The highest BCUT2D eigenvalue weighted by molar-refractivity contribution is 5.90. The van der Waals surface area contributed by atoms with Gasteiger partial charge >= 0.3 is 6.03 Å². The number of hydrogen-bond acceptors (Lipinski definition) is 4. The average Bonchev–Trinajstić information content (AvgIpc) is 3.04. The summed E-state index contributed by atoms with van der Waals surface area (Å²) >= 11 is 0. The van der Waals surface area contributed by atoms with Crippen LogP contribution in [-0.2, 0) is 7.05 Å². The van der Waals surface area contributed by atoms with Crippen LogP contribution in [0, 0.1) is 0 Å². The van der Waals surface area contributed by atoms with Crippen molar-refractivity contribution >= 4 is 22.6 Å². The van der Waals surface area contributed by atoms with Crippen LogP contribution in [0.1, 0.15) is 11.6 Å². The second kappa shape index (κ2) is 8.87. The smallest absolute Gasteiger partial charge is 0.319 e. The number of urea groups is 1. The second-order valence-electron chi connectivity index (χ2n) is 7.10. The molecule has 29 heavy (non-hydrogen) atoms. The number of rotatable bonds is 7. The van der Waals surface area contributed by atoms with E-state index in [-0.39, 0.29) is 12.1 Å². The van der Waals surface area contributed by atoms with E-state index < -0.39 is 0 Å². The molecule has 7 nitrogen and oxygen atoms in total. The Hall–Kier alpha value is -3.19. The maximum absolute atomic E-state index is 12.5. The van der Waals surface area contributed by atoms with E-state index in [9.17, 15) is 4.79 Å². The molecule has 0 radical (unpaired) electrons. The van der Waals surface area contributed by atoms with Gasteiger partial charge in [0.2, 0.25) is 0 Å². The first-order valence-corrected chi connectivity index (χ1v) is 9.42. The zero-order valence-corrected chi connectivity index (χ0v) is 17.5. The monoisotopic (exact) mass is 396 g/mol. The van der Waals surface area contributed by atoms with Crippen LogP contribution in [0.15, 0.2) is 48.7 Å². The third kappa shape index (κ3) is 4.46. The summed E-state index contributed by atoms with van der Waals surface area (Å²) in [6, 6.07) is 13.3. The van der Waals surface area contributed by atoms with Crippen molar-refractivity contribution in [3.05, 3.63) is 54.2 Å². The number of nitrogens with one attached hydrogen (secondary N) is 2. The number of amides is 2. The number of benzene rings is 2. The standard InChI is InChI=1S/C22H28N4O3/c1-25(2)19(17-14-26(3)18-9-7-6-8-16(17)18)13-23-22(27)24-15-10-11-20(28-4)21(12-15)29-5/h6-12,14,19H,13H2,1-5H3,(H2,23,24,27). The summed E-state index contributed by atoms with van der Waals surface area (Å²) in [5.41, 5.74) is 2.98. The molecule has 1 aromatic heterocycles. The lowest BCUT2D eigenvalue weighted by molar-refractivity contribution is 0.243. The van der Waals surface area contributed by atoms with Crippen molar-refractivity contribution in [3.63, 3.8) is 0 Å². The van der Waals surface area contributed by atoms with Crippen LogP contribution >= 0.6 is 0 Å². The molecule has 2 N–H and O–H groups in total. The largest absolute Gasteiger partial charge is 0.493 e. The van der Waals surface area contributed by atoms with Crippen molar-refractivity contribution in [3.8, 4) is 11.5 Å². The molecule has 0 saturated heterocycles. The van der Waals surface area contributed by atoms with Gasteiger partial charge in [-0.2, -0.15) is 0 Å². The quantitative estimate of drug-likeness (QED) is 0.640. The van der Waals surface area contributed by atoms with Crippen LogP contribution in [0.4, 0.5) is 10.5 Å². The van der Waals surface area contributed by atoms with Gasteiger partial charge in [0, 0.05) is 42.4 Å². The number of aromatic nitrogens is 1. The third-order valence-corrected chi connectivity index (χ3v) is 5.01. The Morgan fingerprint density at radius 1 is 1.10 bits per heavy atom. The predicted molar refractivity (Wildman–Crippen MR) is 116 cm³/mol. The van der Waals surface area contributed by atoms with Crippen LogP contribution in [0.3, 0.4) is 0 Å². The zero-order chi connectivity index (χ0) is 21.0.